The standard InChI is InChI=1S/C14H17BrF2O3/c1-4-20-11-6-5-9(15)7-10(11)14(16,17)8-13(2,3)12(18)19/h5-7H,4,8H2,1-3H3,(H,18,19). The van der Waals surface area contributed by atoms with Crippen LogP contribution in [0.1, 0.15) is 32.8 Å². The zero-order valence-corrected chi connectivity index (χ0v) is 13.1. The fraction of sp³-hybridized carbons (Fsp3) is 0.500. The predicted molar refractivity (Wildman–Crippen MR) is 75.2 cm³/mol. The quantitative estimate of drug-likeness (QED) is 0.824. The van der Waals surface area contributed by atoms with Gasteiger partial charge < -0.3 is 9.84 Å². The van der Waals surface area contributed by atoms with Crippen LogP contribution in [0.2, 0.25) is 0 Å². The van der Waals surface area contributed by atoms with Crippen molar-refractivity contribution in [3.8, 4) is 5.75 Å². The molecule has 0 unspecified atom stereocenters. The van der Waals surface area contributed by atoms with Gasteiger partial charge in [0, 0.05) is 10.9 Å². The summed E-state index contributed by atoms with van der Waals surface area (Å²) in [6.07, 6.45) is -0.800. The molecule has 112 valence electrons. The van der Waals surface area contributed by atoms with E-state index in [0.717, 1.165) is 0 Å². The SMILES string of the molecule is CCOc1ccc(Br)cc1C(F)(F)CC(C)(C)C(=O)O. The van der Waals surface area contributed by atoms with Crippen LogP contribution in [0.15, 0.2) is 22.7 Å². The van der Waals surface area contributed by atoms with Crippen LogP contribution in [0.5, 0.6) is 5.75 Å². The first-order chi connectivity index (χ1) is 9.10. The van der Waals surface area contributed by atoms with Crippen molar-refractivity contribution in [1.29, 1.82) is 0 Å². The summed E-state index contributed by atoms with van der Waals surface area (Å²) in [4.78, 5) is 11.0. The highest BCUT2D eigenvalue weighted by Crippen LogP contribution is 2.44. The van der Waals surface area contributed by atoms with Gasteiger partial charge in [0.25, 0.3) is 5.92 Å². The number of carboxylic acid groups (broad SMARTS) is 1. The van der Waals surface area contributed by atoms with E-state index in [2.05, 4.69) is 15.9 Å². The normalized spacial score (nSPS) is 12.3. The minimum Gasteiger partial charge on any atom is -0.493 e. The lowest BCUT2D eigenvalue weighted by atomic mass is 9.84. The summed E-state index contributed by atoms with van der Waals surface area (Å²) >= 11 is 3.14. The van der Waals surface area contributed by atoms with Crippen LogP contribution in [0.4, 0.5) is 8.78 Å². The van der Waals surface area contributed by atoms with Gasteiger partial charge in [-0.3, -0.25) is 4.79 Å². The fourth-order valence-corrected chi connectivity index (χ4v) is 2.16. The number of hydrogen-bond donors (Lipinski definition) is 1. The van der Waals surface area contributed by atoms with E-state index >= 15 is 0 Å². The molecule has 1 aromatic carbocycles. The smallest absolute Gasteiger partial charge is 0.309 e. The van der Waals surface area contributed by atoms with Crippen molar-refractivity contribution in [3.05, 3.63) is 28.2 Å². The molecule has 0 heterocycles. The monoisotopic (exact) mass is 350 g/mol. The van der Waals surface area contributed by atoms with E-state index in [0.29, 0.717) is 4.47 Å². The molecular formula is C14H17BrF2O3. The number of carboxylic acids is 1. The molecule has 0 amide bonds. The minimum atomic E-state index is -3.30. The maximum atomic E-state index is 14.4. The van der Waals surface area contributed by atoms with Crippen molar-refractivity contribution in [3.63, 3.8) is 0 Å². The molecule has 0 aliphatic carbocycles. The number of rotatable bonds is 6. The molecule has 0 spiro atoms. The zero-order valence-electron chi connectivity index (χ0n) is 11.5. The molecule has 0 saturated carbocycles. The summed E-state index contributed by atoms with van der Waals surface area (Å²) < 4.78 is 34.5. The molecule has 0 bridgehead atoms. The Morgan fingerprint density at radius 2 is 2.00 bits per heavy atom. The van der Waals surface area contributed by atoms with Crippen molar-refractivity contribution < 1.29 is 23.4 Å². The molecule has 0 aliphatic heterocycles. The molecule has 1 N–H and O–H groups in total. The van der Waals surface area contributed by atoms with Crippen LogP contribution < -0.4 is 4.74 Å². The van der Waals surface area contributed by atoms with Crippen LogP contribution in [-0.4, -0.2) is 17.7 Å². The average molecular weight is 351 g/mol. The van der Waals surface area contributed by atoms with Gasteiger partial charge in [-0.05, 0) is 39.0 Å². The van der Waals surface area contributed by atoms with Crippen molar-refractivity contribution in [1.82, 2.24) is 0 Å². The molecule has 0 saturated heterocycles. The van der Waals surface area contributed by atoms with Gasteiger partial charge in [0.2, 0.25) is 0 Å². The van der Waals surface area contributed by atoms with Crippen molar-refractivity contribution in [2.45, 2.75) is 33.1 Å². The number of ether oxygens (including phenoxy) is 1. The third kappa shape index (κ3) is 3.91. The number of alkyl halides is 2. The Morgan fingerprint density at radius 3 is 2.50 bits per heavy atom. The van der Waals surface area contributed by atoms with E-state index in [4.69, 9.17) is 9.84 Å². The number of benzene rings is 1. The molecule has 1 aromatic rings. The summed E-state index contributed by atoms with van der Waals surface area (Å²) in [6.45, 7) is 4.52. The minimum absolute atomic E-state index is 0.0712. The van der Waals surface area contributed by atoms with Gasteiger partial charge in [-0.2, -0.15) is 0 Å². The molecule has 0 radical (unpaired) electrons. The summed E-state index contributed by atoms with van der Waals surface area (Å²) in [6, 6.07) is 4.32. The van der Waals surface area contributed by atoms with E-state index in [1.165, 1.54) is 26.0 Å². The lowest BCUT2D eigenvalue weighted by molar-refractivity contribution is -0.153. The first kappa shape index (κ1) is 16.9. The third-order valence-electron chi connectivity index (χ3n) is 2.88. The van der Waals surface area contributed by atoms with E-state index in [-0.39, 0.29) is 17.9 Å². The molecule has 20 heavy (non-hydrogen) atoms. The Labute approximate surface area is 125 Å². The van der Waals surface area contributed by atoms with Gasteiger partial charge in [-0.15, -0.1) is 0 Å². The number of aliphatic carboxylic acids is 1. The van der Waals surface area contributed by atoms with Crippen LogP contribution in [-0.2, 0) is 10.7 Å². The zero-order chi connectivity index (χ0) is 15.6. The summed E-state index contributed by atoms with van der Waals surface area (Å²) in [5.74, 6) is -4.48. The van der Waals surface area contributed by atoms with Gasteiger partial charge in [0.1, 0.15) is 5.75 Å². The third-order valence-corrected chi connectivity index (χ3v) is 3.37. The van der Waals surface area contributed by atoms with Gasteiger partial charge in [-0.1, -0.05) is 15.9 Å². The van der Waals surface area contributed by atoms with Gasteiger partial charge in [-0.25, -0.2) is 8.78 Å². The molecule has 0 aromatic heterocycles. The lowest BCUT2D eigenvalue weighted by Crippen LogP contribution is -2.31. The maximum Gasteiger partial charge on any atom is 0.309 e. The second-order valence-corrected chi connectivity index (χ2v) is 6.06. The van der Waals surface area contributed by atoms with Gasteiger partial charge >= 0.3 is 5.97 Å². The number of carbonyl (C=O) groups is 1. The van der Waals surface area contributed by atoms with E-state index in [1.54, 1.807) is 13.0 Å². The Hall–Kier alpha value is -1.17. The van der Waals surface area contributed by atoms with Crippen LogP contribution in [0.3, 0.4) is 0 Å². The highest BCUT2D eigenvalue weighted by atomic mass is 79.9. The summed E-state index contributed by atoms with van der Waals surface area (Å²) in [5.41, 5.74) is -1.84. The summed E-state index contributed by atoms with van der Waals surface area (Å²) in [5, 5.41) is 9.00. The second-order valence-electron chi connectivity index (χ2n) is 5.14. The molecule has 6 heteroatoms. The molecule has 0 aliphatic rings. The lowest BCUT2D eigenvalue weighted by Gasteiger charge is -2.27. The van der Waals surface area contributed by atoms with Gasteiger partial charge in [0.05, 0.1) is 17.6 Å². The van der Waals surface area contributed by atoms with E-state index < -0.39 is 23.7 Å². The number of hydrogen-bond acceptors (Lipinski definition) is 2. The molecule has 3 nitrogen and oxygen atoms in total. The fourth-order valence-electron chi connectivity index (χ4n) is 1.80. The van der Waals surface area contributed by atoms with Crippen molar-refractivity contribution in [2.24, 2.45) is 5.41 Å². The number of halogens is 3. The van der Waals surface area contributed by atoms with Crippen LogP contribution in [0, 0.1) is 5.41 Å². The first-order valence-corrected chi connectivity index (χ1v) is 6.93. The Kier molecular flexibility index (Phi) is 5.13. The Balaban J connectivity index is 3.20. The van der Waals surface area contributed by atoms with Crippen molar-refractivity contribution in [2.75, 3.05) is 6.61 Å². The van der Waals surface area contributed by atoms with Gasteiger partial charge in [0.15, 0.2) is 0 Å². The summed E-state index contributed by atoms with van der Waals surface area (Å²) in [7, 11) is 0. The average Bonchev–Trinajstić information content (AvgIpc) is 2.30. The second kappa shape index (κ2) is 6.08. The highest BCUT2D eigenvalue weighted by molar-refractivity contribution is 9.10. The molecular weight excluding hydrogens is 334 g/mol. The first-order valence-electron chi connectivity index (χ1n) is 6.14. The van der Waals surface area contributed by atoms with E-state index in [1.807, 2.05) is 0 Å². The molecule has 1 rings (SSSR count). The topological polar surface area (TPSA) is 46.5 Å². The largest absolute Gasteiger partial charge is 0.493 e. The van der Waals surface area contributed by atoms with Crippen LogP contribution in [0.25, 0.3) is 0 Å². The Bertz CT molecular complexity index is 501. The highest BCUT2D eigenvalue weighted by Gasteiger charge is 2.44. The molecule has 0 fully saturated rings. The Morgan fingerprint density at radius 1 is 1.40 bits per heavy atom. The van der Waals surface area contributed by atoms with Crippen LogP contribution >= 0.6 is 15.9 Å². The van der Waals surface area contributed by atoms with E-state index in [9.17, 15) is 13.6 Å². The maximum absolute atomic E-state index is 14.4. The predicted octanol–water partition coefficient (Wildman–Crippen LogP) is 4.44. The van der Waals surface area contributed by atoms with Crippen molar-refractivity contribution >= 4 is 21.9 Å². The molecule has 0 atom stereocenters.